The summed E-state index contributed by atoms with van der Waals surface area (Å²) in [6, 6.07) is 3.69. The van der Waals surface area contributed by atoms with Gasteiger partial charge in [-0.1, -0.05) is 31.5 Å². The van der Waals surface area contributed by atoms with E-state index in [1.807, 2.05) is 6.07 Å². The molecule has 0 saturated carbocycles. The van der Waals surface area contributed by atoms with Gasteiger partial charge in [-0.05, 0) is 36.8 Å². The molecule has 0 aromatic carbocycles. The van der Waals surface area contributed by atoms with Crippen LogP contribution in [0.4, 0.5) is 0 Å². The topological polar surface area (TPSA) is 30.0 Å². The molecule has 2 nitrogen and oxygen atoms in total. The summed E-state index contributed by atoms with van der Waals surface area (Å²) >= 11 is 5.83. The number of aryl methyl sites for hydroxylation is 1. The van der Waals surface area contributed by atoms with Crippen molar-refractivity contribution in [2.75, 3.05) is 0 Å². The van der Waals surface area contributed by atoms with Crippen LogP contribution in [0.1, 0.15) is 42.7 Å². The molecule has 1 aliphatic rings. The Labute approximate surface area is 101 Å². The Bertz CT molecular complexity index is 414. The average molecular weight is 238 g/mol. The minimum absolute atomic E-state index is 0.137. The normalized spacial score (nSPS) is 20.0. The van der Waals surface area contributed by atoms with E-state index in [2.05, 4.69) is 18.8 Å². The summed E-state index contributed by atoms with van der Waals surface area (Å²) in [6.45, 7) is 4.29. The number of carbonyl (C=O) groups excluding carboxylic acids is 1. The molecule has 0 saturated heterocycles. The largest absolute Gasteiger partial charge is 0.292 e. The van der Waals surface area contributed by atoms with E-state index in [0.29, 0.717) is 16.8 Å². The number of pyridine rings is 1. The van der Waals surface area contributed by atoms with Crippen molar-refractivity contribution in [3.05, 3.63) is 28.5 Å². The number of Topliss-reactive ketones (excluding diaryl/α,β-unsaturated/α-hetero) is 1. The molecule has 1 atom stereocenters. The second-order valence-electron chi connectivity index (χ2n) is 4.87. The number of nitrogens with zero attached hydrogens (tertiary/aromatic N) is 1. The van der Waals surface area contributed by atoms with Crippen molar-refractivity contribution in [1.82, 2.24) is 4.98 Å². The number of hydrogen-bond acceptors (Lipinski definition) is 2. The van der Waals surface area contributed by atoms with Crippen molar-refractivity contribution in [2.24, 2.45) is 11.8 Å². The summed E-state index contributed by atoms with van der Waals surface area (Å²) in [5.41, 5.74) is 1.65. The highest BCUT2D eigenvalue weighted by atomic mass is 35.5. The lowest BCUT2D eigenvalue weighted by molar-refractivity contribution is 0.0878. The SMILES string of the molecule is CC(C)CC1CCc2ccc(Cl)nc2C1=O. The van der Waals surface area contributed by atoms with Gasteiger partial charge < -0.3 is 0 Å². The number of hydrogen-bond donors (Lipinski definition) is 0. The van der Waals surface area contributed by atoms with Crippen molar-refractivity contribution in [3.8, 4) is 0 Å². The fourth-order valence-corrected chi connectivity index (χ4v) is 2.47. The van der Waals surface area contributed by atoms with E-state index in [4.69, 9.17) is 11.6 Å². The first-order chi connectivity index (χ1) is 7.58. The molecule has 1 aliphatic carbocycles. The van der Waals surface area contributed by atoms with Crippen LogP contribution in [0.3, 0.4) is 0 Å². The lowest BCUT2D eigenvalue weighted by Gasteiger charge is -2.23. The van der Waals surface area contributed by atoms with E-state index in [-0.39, 0.29) is 11.7 Å². The minimum Gasteiger partial charge on any atom is -0.292 e. The van der Waals surface area contributed by atoms with E-state index in [1.54, 1.807) is 6.07 Å². The van der Waals surface area contributed by atoms with Gasteiger partial charge in [0.15, 0.2) is 5.78 Å². The first-order valence-corrected chi connectivity index (χ1v) is 6.15. The van der Waals surface area contributed by atoms with Gasteiger partial charge in [-0.15, -0.1) is 0 Å². The Balaban J connectivity index is 2.27. The zero-order valence-electron chi connectivity index (χ0n) is 9.66. The Morgan fingerprint density at radius 2 is 2.25 bits per heavy atom. The number of aromatic nitrogens is 1. The molecular formula is C13H16ClNO. The van der Waals surface area contributed by atoms with Gasteiger partial charge in [0.25, 0.3) is 0 Å². The highest BCUT2D eigenvalue weighted by Gasteiger charge is 2.29. The second-order valence-corrected chi connectivity index (χ2v) is 5.26. The lowest BCUT2D eigenvalue weighted by atomic mass is 9.81. The summed E-state index contributed by atoms with van der Waals surface area (Å²) in [7, 11) is 0. The van der Waals surface area contributed by atoms with Crippen molar-refractivity contribution in [3.63, 3.8) is 0 Å². The van der Waals surface area contributed by atoms with Crippen LogP contribution in [0.5, 0.6) is 0 Å². The lowest BCUT2D eigenvalue weighted by Crippen LogP contribution is -2.25. The molecule has 2 rings (SSSR count). The summed E-state index contributed by atoms with van der Waals surface area (Å²) < 4.78 is 0. The van der Waals surface area contributed by atoms with Crippen molar-refractivity contribution < 1.29 is 4.79 Å². The molecular weight excluding hydrogens is 222 g/mol. The first-order valence-electron chi connectivity index (χ1n) is 5.77. The fraction of sp³-hybridized carbons (Fsp3) is 0.538. The predicted molar refractivity (Wildman–Crippen MR) is 64.8 cm³/mol. The molecule has 1 aromatic rings. The molecule has 0 aliphatic heterocycles. The van der Waals surface area contributed by atoms with E-state index in [9.17, 15) is 4.79 Å². The number of ketones is 1. The molecule has 3 heteroatoms. The molecule has 0 amide bonds. The molecule has 16 heavy (non-hydrogen) atoms. The Hall–Kier alpha value is -0.890. The van der Waals surface area contributed by atoms with Crippen LogP contribution in [0, 0.1) is 11.8 Å². The van der Waals surface area contributed by atoms with Gasteiger partial charge in [0.2, 0.25) is 0 Å². The van der Waals surface area contributed by atoms with E-state index in [0.717, 1.165) is 24.8 Å². The van der Waals surface area contributed by atoms with Gasteiger partial charge in [0.05, 0.1) is 0 Å². The highest BCUT2D eigenvalue weighted by molar-refractivity contribution is 6.29. The summed E-state index contributed by atoms with van der Waals surface area (Å²) in [4.78, 5) is 16.4. The smallest absolute Gasteiger partial charge is 0.184 e. The molecule has 0 fully saturated rings. The van der Waals surface area contributed by atoms with Crippen LogP contribution in [0.25, 0.3) is 0 Å². The predicted octanol–water partition coefficient (Wildman–Crippen LogP) is 3.53. The van der Waals surface area contributed by atoms with E-state index >= 15 is 0 Å². The van der Waals surface area contributed by atoms with Crippen molar-refractivity contribution in [1.29, 1.82) is 0 Å². The maximum Gasteiger partial charge on any atom is 0.184 e. The van der Waals surface area contributed by atoms with Gasteiger partial charge in [-0.25, -0.2) is 4.98 Å². The van der Waals surface area contributed by atoms with E-state index < -0.39 is 0 Å². The molecule has 0 radical (unpaired) electrons. The Morgan fingerprint density at radius 1 is 1.50 bits per heavy atom. The summed E-state index contributed by atoms with van der Waals surface area (Å²) in [6.07, 6.45) is 2.85. The standard InChI is InChI=1S/C13H16ClNO/c1-8(2)7-10-4-3-9-5-6-11(14)15-12(9)13(10)16/h5-6,8,10H,3-4,7H2,1-2H3. The summed E-state index contributed by atoms with van der Waals surface area (Å²) in [5.74, 6) is 0.866. The zero-order valence-corrected chi connectivity index (χ0v) is 10.4. The van der Waals surface area contributed by atoms with Crippen LogP contribution in [0.2, 0.25) is 5.15 Å². The van der Waals surface area contributed by atoms with E-state index in [1.165, 1.54) is 0 Å². The van der Waals surface area contributed by atoms with Gasteiger partial charge in [-0.2, -0.15) is 0 Å². The Kier molecular flexibility index (Phi) is 3.29. The van der Waals surface area contributed by atoms with Crippen LogP contribution in [-0.2, 0) is 6.42 Å². The summed E-state index contributed by atoms with van der Waals surface area (Å²) in [5, 5.41) is 0.414. The number of rotatable bonds is 2. The molecule has 0 N–H and O–H groups in total. The molecule has 86 valence electrons. The fourth-order valence-electron chi connectivity index (χ4n) is 2.33. The number of halogens is 1. The van der Waals surface area contributed by atoms with Gasteiger partial charge in [0.1, 0.15) is 10.8 Å². The van der Waals surface area contributed by atoms with Crippen LogP contribution in [0.15, 0.2) is 12.1 Å². The monoisotopic (exact) mass is 237 g/mol. The maximum absolute atomic E-state index is 12.2. The quantitative estimate of drug-likeness (QED) is 0.737. The molecule has 1 unspecified atom stereocenters. The molecule has 1 aromatic heterocycles. The van der Waals surface area contributed by atoms with Crippen LogP contribution < -0.4 is 0 Å². The second kappa shape index (κ2) is 4.54. The van der Waals surface area contributed by atoms with Crippen LogP contribution >= 0.6 is 11.6 Å². The molecule has 0 spiro atoms. The number of carbonyl (C=O) groups is 1. The third-order valence-corrected chi connectivity index (χ3v) is 3.28. The average Bonchev–Trinajstić information content (AvgIpc) is 2.22. The van der Waals surface area contributed by atoms with Gasteiger partial charge in [-0.3, -0.25) is 4.79 Å². The third kappa shape index (κ3) is 2.27. The Morgan fingerprint density at radius 3 is 2.94 bits per heavy atom. The van der Waals surface area contributed by atoms with Crippen LogP contribution in [-0.4, -0.2) is 10.8 Å². The zero-order chi connectivity index (χ0) is 11.7. The molecule has 1 heterocycles. The highest BCUT2D eigenvalue weighted by Crippen LogP contribution is 2.29. The molecule has 0 bridgehead atoms. The van der Waals surface area contributed by atoms with Gasteiger partial charge in [0, 0.05) is 5.92 Å². The maximum atomic E-state index is 12.2. The first kappa shape index (κ1) is 11.6. The minimum atomic E-state index is 0.137. The van der Waals surface area contributed by atoms with Crippen molar-refractivity contribution >= 4 is 17.4 Å². The van der Waals surface area contributed by atoms with Gasteiger partial charge >= 0.3 is 0 Å². The third-order valence-electron chi connectivity index (χ3n) is 3.07. The van der Waals surface area contributed by atoms with Crippen molar-refractivity contribution in [2.45, 2.75) is 33.1 Å². The number of fused-ring (bicyclic) bond motifs is 1.